The molecule has 0 saturated carbocycles. The molecule has 0 spiro atoms. The Labute approximate surface area is 205 Å². The lowest BCUT2D eigenvalue weighted by Crippen LogP contribution is -2.36. The average Bonchev–Trinajstić information content (AvgIpc) is 3.10. The van der Waals surface area contributed by atoms with Crippen LogP contribution < -0.4 is 20.3 Å². The first kappa shape index (κ1) is 24.6. The number of para-hydroxylation sites is 2. The first-order valence-corrected chi connectivity index (χ1v) is 12.9. The Balaban J connectivity index is 1.52. The molecule has 4 rings (SSSR count). The molecular weight excluding hydrogens is 588 g/mol. The number of benzene rings is 2. The third-order valence-corrected chi connectivity index (χ3v) is 7.40. The highest BCUT2D eigenvalue weighted by molar-refractivity contribution is 14.1. The fourth-order valence-corrected chi connectivity index (χ4v) is 5.21. The van der Waals surface area contributed by atoms with Crippen LogP contribution in [0.5, 0.6) is 11.5 Å². The topological polar surface area (TPSA) is 109 Å². The van der Waals surface area contributed by atoms with Crippen LogP contribution in [-0.4, -0.2) is 32.3 Å². The Bertz CT molecular complexity index is 1250. The zero-order valence-electron chi connectivity index (χ0n) is 17.3. The van der Waals surface area contributed by atoms with Gasteiger partial charge < -0.3 is 18.5 Å². The van der Waals surface area contributed by atoms with Gasteiger partial charge in [0.15, 0.2) is 25.0 Å². The third-order valence-electron chi connectivity index (χ3n) is 4.68. The first-order chi connectivity index (χ1) is 16.3. The lowest BCUT2D eigenvalue weighted by atomic mass is 10.3. The second kappa shape index (κ2) is 10.4. The molecule has 0 aliphatic carbocycles. The minimum absolute atomic E-state index is 0.264. The van der Waals surface area contributed by atoms with Gasteiger partial charge in [0.1, 0.15) is 11.5 Å². The summed E-state index contributed by atoms with van der Waals surface area (Å²) >= 11 is 1.71. The summed E-state index contributed by atoms with van der Waals surface area (Å²) in [5.41, 5.74) is -2.28. The highest BCUT2D eigenvalue weighted by Gasteiger charge is 2.47. The number of aromatic amines is 1. The van der Waals surface area contributed by atoms with Gasteiger partial charge in [0.2, 0.25) is 5.82 Å². The van der Waals surface area contributed by atoms with Crippen molar-refractivity contribution in [3.63, 3.8) is 0 Å². The molecule has 2 aromatic carbocycles. The second-order valence-corrected chi connectivity index (χ2v) is 10.4. The quantitative estimate of drug-likeness (QED) is 0.235. The Morgan fingerprint density at radius 3 is 2.15 bits per heavy atom. The van der Waals surface area contributed by atoms with Gasteiger partial charge in [0.05, 0.1) is 10.1 Å². The van der Waals surface area contributed by atoms with Crippen molar-refractivity contribution in [1.29, 1.82) is 0 Å². The summed E-state index contributed by atoms with van der Waals surface area (Å²) in [6.07, 6.45) is -4.72. The molecule has 180 valence electrons. The van der Waals surface area contributed by atoms with Gasteiger partial charge in [-0.2, -0.15) is 4.39 Å². The number of H-pyrrole nitrogens is 1. The van der Waals surface area contributed by atoms with Crippen LogP contribution in [0.15, 0.2) is 76.4 Å². The predicted molar refractivity (Wildman–Crippen MR) is 126 cm³/mol. The molecule has 1 aliphatic heterocycles. The SMILES string of the molecule is O=c1[nH]c(=O)n([C@@H]2O[C@H](OCP(=O)(Oc3ccccc3)Oc3ccccc3)[C@@H](I)[C@@H]2F)cc1F. The average molecular weight is 606 g/mol. The molecule has 34 heavy (non-hydrogen) atoms. The molecule has 0 bridgehead atoms. The summed E-state index contributed by atoms with van der Waals surface area (Å²) in [4.78, 5) is 25.0. The Morgan fingerprint density at radius 2 is 1.59 bits per heavy atom. The van der Waals surface area contributed by atoms with E-state index in [1.54, 1.807) is 88.2 Å². The number of hydrogen-bond acceptors (Lipinski definition) is 7. The summed E-state index contributed by atoms with van der Waals surface area (Å²) < 4.78 is 64.0. The van der Waals surface area contributed by atoms with Gasteiger partial charge in [-0.05, 0) is 24.3 Å². The number of rotatable bonds is 8. The van der Waals surface area contributed by atoms with E-state index >= 15 is 0 Å². The maximum atomic E-state index is 14.9. The highest BCUT2D eigenvalue weighted by Crippen LogP contribution is 2.49. The second-order valence-electron chi connectivity index (χ2n) is 7.14. The van der Waals surface area contributed by atoms with Crippen LogP contribution in [0.25, 0.3) is 0 Å². The summed E-state index contributed by atoms with van der Waals surface area (Å²) in [5.74, 6) is -0.748. The van der Waals surface area contributed by atoms with E-state index < -0.39 is 53.6 Å². The molecule has 0 unspecified atom stereocenters. The van der Waals surface area contributed by atoms with E-state index in [-0.39, 0.29) is 11.5 Å². The van der Waals surface area contributed by atoms with E-state index in [1.807, 2.05) is 0 Å². The van der Waals surface area contributed by atoms with Crippen molar-refractivity contribution < 1.29 is 31.9 Å². The molecule has 0 radical (unpaired) electrons. The fraction of sp³-hybridized carbons (Fsp3) is 0.238. The van der Waals surface area contributed by atoms with Crippen molar-refractivity contribution in [2.75, 3.05) is 6.35 Å². The van der Waals surface area contributed by atoms with E-state index in [2.05, 4.69) is 0 Å². The smallest absolute Gasteiger partial charge is 0.415 e. The molecule has 1 fully saturated rings. The zero-order valence-corrected chi connectivity index (χ0v) is 20.3. The van der Waals surface area contributed by atoms with E-state index in [1.165, 1.54) is 0 Å². The summed E-state index contributed by atoms with van der Waals surface area (Å²) in [5, 5.41) is 0. The molecule has 2 heterocycles. The first-order valence-electron chi connectivity index (χ1n) is 9.90. The summed E-state index contributed by atoms with van der Waals surface area (Å²) in [6.45, 7) is 0. The van der Waals surface area contributed by atoms with Crippen molar-refractivity contribution in [3.8, 4) is 11.5 Å². The fourth-order valence-electron chi connectivity index (χ4n) is 3.11. The Hall–Kier alpha value is -2.54. The molecule has 3 aromatic rings. The van der Waals surface area contributed by atoms with Crippen molar-refractivity contribution in [2.45, 2.75) is 22.6 Å². The van der Waals surface area contributed by atoms with Crippen LogP contribution in [0, 0.1) is 5.82 Å². The Kier molecular flexibility index (Phi) is 7.51. The van der Waals surface area contributed by atoms with Crippen LogP contribution in [0.3, 0.4) is 0 Å². The van der Waals surface area contributed by atoms with Crippen LogP contribution in [0.4, 0.5) is 8.78 Å². The van der Waals surface area contributed by atoms with E-state index in [4.69, 9.17) is 18.5 Å². The summed E-state index contributed by atoms with van der Waals surface area (Å²) in [7, 11) is -3.98. The molecule has 1 aromatic heterocycles. The number of aromatic nitrogens is 2. The maximum Gasteiger partial charge on any atom is 0.456 e. The van der Waals surface area contributed by atoms with Gasteiger partial charge in [-0.15, -0.1) is 0 Å². The molecule has 4 atom stereocenters. The molecular formula is C21H18F2IN2O7P. The number of nitrogens with one attached hydrogen (secondary N) is 1. The van der Waals surface area contributed by atoms with Crippen molar-refractivity contribution >= 4 is 30.2 Å². The van der Waals surface area contributed by atoms with E-state index in [9.17, 15) is 22.9 Å². The van der Waals surface area contributed by atoms with Crippen molar-refractivity contribution in [3.05, 3.63) is 93.5 Å². The van der Waals surface area contributed by atoms with Crippen LogP contribution in [-0.2, 0) is 14.0 Å². The monoisotopic (exact) mass is 606 g/mol. The molecule has 0 amide bonds. The zero-order chi connectivity index (χ0) is 24.3. The minimum atomic E-state index is -3.98. The molecule has 13 heteroatoms. The third kappa shape index (κ3) is 5.57. The lowest BCUT2D eigenvalue weighted by molar-refractivity contribution is -0.142. The molecule has 1 saturated heterocycles. The van der Waals surface area contributed by atoms with Gasteiger partial charge >= 0.3 is 13.3 Å². The predicted octanol–water partition coefficient (Wildman–Crippen LogP) is 4.00. The molecule has 9 nitrogen and oxygen atoms in total. The lowest BCUT2D eigenvalue weighted by Gasteiger charge is -2.22. The van der Waals surface area contributed by atoms with Crippen LogP contribution in [0.2, 0.25) is 0 Å². The molecule has 1 aliphatic rings. The number of halogens is 3. The summed E-state index contributed by atoms with van der Waals surface area (Å²) in [6, 6.07) is 16.6. The normalized spacial score (nSPS) is 22.4. The van der Waals surface area contributed by atoms with Crippen molar-refractivity contribution in [1.82, 2.24) is 9.55 Å². The van der Waals surface area contributed by atoms with Gasteiger partial charge in [0.25, 0.3) is 5.56 Å². The van der Waals surface area contributed by atoms with Gasteiger partial charge in [-0.25, -0.2) is 13.8 Å². The minimum Gasteiger partial charge on any atom is -0.415 e. The largest absolute Gasteiger partial charge is 0.456 e. The number of alkyl halides is 2. The van der Waals surface area contributed by atoms with Crippen LogP contribution in [0.1, 0.15) is 6.23 Å². The number of ether oxygens (including phenoxy) is 2. The van der Waals surface area contributed by atoms with Gasteiger partial charge in [-0.3, -0.25) is 14.3 Å². The highest BCUT2D eigenvalue weighted by atomic mass is 127. The van der Waals surface area contributed by atoms with Crippen molar-refractivity contribution in [2.24, 2.45) is 0 Å². The number of hydrogen-bond donors (Lipinski definition) is 1. The van der Waals surface area contributed by atoms with E-state index in [0.717, 1.165) is 0 Å². The standard InChI is InChI=1S/C21H18F2IN2O7P/c22-15-11-26(21(28)25-18(15)27)19-16(23)17(24)20(31-19)30-12-34(29,32-13-7-3-1-4-8-13)33-14-9-5-2-6-10-14/h1-11,16-17,19-20H,12H2,(H,25,27,28)/t16-,17-,19+,20-/m0/s1. The number of nitrogens with zero attached hydrogens (tertiary/aromatic N) is 1. The Morgan fingerprint density at radius 1 is 1.03 bits per heavy atom. The van der Waals surface area contributed by atoms with E-state index in [0.29, 0.717) is 10.8 Å². The van der Waals surface area contributed by atoms with Gasteiger partial charge in [-0.1, -0.05) is 59.0 Å². The maximum absolute atomic E-state index is 14.9. The molecule has 1 N–H and O–H groups in total. The van der Waals surface area contributed by atoms with Gasteiger partial charge in [0, 0.05) is 0 Å². The van der Waals surface area contributed by atoms with Crippen LogP contribution >= 0.6 is 30.2 Å².